The van der Waals surface area contributed by atoms with Gasteiger partial charge in [0.25, 0.3) is 0 Å². The van der Waals surface area contributed by atoms with Gasteiger partial charge in [0.2, 0.25) is 0 Å². The highest BCUT2D eigenvalue weighted by atomic mass is 32.1. The van der Waals surface area contributed by atoms with Gasteiger partial charge in [-0.05, 0) is 22.4 Å². The summed E-state index contributed by atoms with van der Waals surface area (Å²) in [4.78, 5) is 0. The Labute approximate surface area is 99.7 Å². The van der Waals surface area contributed by atoms with Gasteiger partial charge >= 0.3 is 0 Å². The molecule has 3 N–H and O–H groups in total. The van der Waals surface area contributed by atoms with Gasteiger partial charge in [-0.1, -0.05) is 32.0 Å². The molecule has 1 aromatic carbocycles. The van der Waals surface area contributed by atoms with Gasteiger partial charge in [-0.25, -0.2) is 0 Å². The van der Waals surface area contributed by atoms with Gasteiger partial charge in [0.15, 0.2) is 0 Å². The Kier molecular flexibility index (Phi) is 3.02. The minimum atomic E-state index is -0.288. The summed E-state index contributed by atoms with van der Waals surface area (Å²) in [6, 6.07) is 8.12. The summed E-state index contributed by atoms with van der Waals surface area (Å²) in [5.41, 5.74) is 7.09. The van der Waals surface area contributed by atoms with E-state index in [4.69, 9.17) is 5.73 Å². The Bertz CT molecular complexity index is 489. The van der Waals surface area contributed by atoms with E-state index in [1.807, 2.05) is 26.0 Å². The molecule has 0 aliphatic heterocycles. The van der Waals surface area contributed by atoms with Gasteiger partial charge in [-0.15, -0.1) is 11.3 Å². The Hall–Kier alpha value is -0.900. The molecule has 16 heavy (non-hydrogen) atoms. The van der Waals surface area contributed by atoms with Gasteiger partial charge in [0, 0.05) is 22.8 Å². The number of fused-ring (bicyclic) bond motifs is 1. The topological polar surface area (TPSA) is 46.2 Å². The van der Waals surface area contributed by atoms with Crippen LogP contribution in [0, 0.1) is 5.41 Å². The van der Waals surface area contributed by atoms with Crippen molar-refractivity contribution in [3.8, 4) is 0 Å². The first kappa shape index (κ1) is 11.6. The van der Waals surface area contributed by atoms with Gasteiger partial charge in [-0.3, -0.25) is 0 Å². The maximum Gasteiger partial charge on any atom is 0.0500 e. The SMILES string of the molecule is CC(C)(CO)[C@@H](N)c1csc2ccccc12. The van der Waals surface area contributed by atoms with E-state index < -0.39 is 0 Å². The molecule has 0 aliphatic carbocycles. The van der Waals surface area contributed by atoms with Crippen LogP contribution in [0.25, 0.3) is 10.1 Å². The Morgan fingerprint density at radius 3 is 2.75 bits per heavy atom. The van der Waals surface area contributed by atoms with Gasteiger partial charge in [-0.2, -0.15) is 0 Å². The Balaban J connectivity index is 2.48. The zero-order valence-electron chi connectivity index (χ0n) is 9.60. The van der Waals surface area contributed by atoms with Gasteiger partial charge in [0.1, 0.15) is 0 Å². The highest BCUT2D eigenvalue weighted by Crippen LogP contribution is 2.37. The number of nitrogens with two attached hydrogens (primary N) is 1. The number of benzene rings is 1. The number of aliphatic hydroxyl groups is 1. The molecule has 2 rings (SSSR count). The summed E-state index contributed by atoms with van der Waals surface area (Å²) in [5, 5.41) is 12.7. The maximum atomic E-state index is 9.36. The van der Waals surface area contributed by atoms with Gasteiger partial charge in [0.05, 0.1) is 0 Å². The number of hydrogen-bond acceptors (Lipinski definition) is 3. The summed E-state index contributed by atoms with van der Waals surface area (Å²) in [6.07, 6.45) is 0. The van der Waals surface area contributed by atoms with E-state index in [0.29, 0.717) is 0 Å². The van der Waals surface area contributed by atoms with Crippen LogP contribution in [0.4, 0.5) is 0 Å². The van der Waals surface area contributed by atoms with Crippen molar-refractivity contribution in [2.75, 3.05) is 6.61 Å². The zero-order valence-corrected chi connectivity index (χ0v) is 10.4. The van der Waals surface area contributed by atoms with Crippen LogP contribution in [-0.4, -0.2) is 11.7 Å². The third kappa shape index (κ3) is 1.86. The number of thiophene rings is 1. The first-order chi connectivity index (χ1) is 7.56. The van der Waals surface area contributed by atoms with Crippen LogP contribution in [0.1, 0.15) is 25.5 Å². The lowest BCUT2D eigenvalue weighted by Crippen LogP contribution is -2.32. The lowest BCUT2D eigenvalue weighted by Gasteiger charge is -2.29. The summed E-state index contributed by atoms with van der Waals surface area (Å²) < 4.78 is 1.25. The van der Waals surface area contributed by atoms with Gasteiger partial charge < -0.3 is 10.8 Å². The van der Waals surface area contributed by atoms with Crippen LogP contribution < -0.4 is 5.73 Å². The monoisotopic (exact) mass is 235 g/mol. The van der Waals surface area contributed by atoms with E-state index in [9.17, 15) is 5.11 Å². The van der Waals surface area contributed by atoms with E-state index in [2.05, 4.69) is 17.5 Å². The van der Waals surface area contributed by atoms with Crippen LogP contribution in [-0.2, 0) is 0 Å². The summed E-state index contributed by atoms with van der Waals surface area (Å²) >= 11 is 1.71. The Morgan fingerprint density at radius 1 is 1.38 bits per heavy atom. The van der Waals surface area contributed by atoms with Crippen molar-refractivity contribution in [1.82, 2.24) is 0 Å². The van der Waals surface area contributed by atoms with E-state index in [1.54, 1.807) is 11.3 Å². The average molecular weight is 235 g/mol. The second kappa shape index (κ2) is 4.17. The summed E-state index contributed by atoms with van der Waals surface area (Å²) in [5.74, 6) is 0. The van der Waals surface area contributed by atoms with Crippen molar-refractivity contribution in [2.45, 2.75) is 19.9 Å². The normalized spacial score (nSPS) is 14.2. The second-order valence-electron chi connectivity index (χ2n) is 4.81. The Morgan fingerprint density at radius 2 is 2.06 bits per heavy atom. The first-order valence-corrected chi connectivity index (χ1v) is 6.27. The van der Waals surface area contributed by atoms with E-state index in [0.717, 1.165) is 5.56 Å². The molecular weight excluding hydrogens is 218 g/mol. The van der Waals surface area contributed by atoms with Crippen molar-refractivity contribution >= 4 is 21.4 Å². The summed E-state index contributed by atoms with van der Waals surface area (Å²) in [7, 11) is 0. The summed E-state index contributed by atoms with van der Waals surface area (Å²) in [6.45, 7) is 4.08. The van der Waals surface area contributed by atoms with Crippen LogP contribution in [0.5, 0.6) is 0 Å². The largest absolute Gasteiger partial charge is 0.396 e. The standard InChI is InChI=1S/C13H17NOS/c1-13(2,8-15)12(14)10-7-16-11-6-4-3-5-9(10)11/h3-7,12,15H,8,14H2,1-2H3/t12-/m0/s1. The van der Waals surface area contributed by atoms with Crippen LogP contribution in [0.3, 0.4) is 0 Å². The van der Waals surface area contributed by atoms with Crippen LogP contribution in [0.15, 0.2) is 29.6 Å². The second-order valence-corrected chi connectivity index (χ2v) is 5.72. The molecule has 0 aliphatic rings. The molecule has 0 radical (unpaired) electrons. The zero-order chi connectivity index (χ0) is 11.8. The molecule has 2 nitrogen and oxygen atoms in total. The average Bonchev–Trinajstić information content (AvgIpc) is 2.71. The third-order valence-electron chi connectivity index (χ3n) is 3.10. The predicted octanol–water partition coefficient (Wildman–Crippen LogP) is 2.92. The number of aliphatic hydroxyl groups excluding tert-OH is 1. The lowest BCUT2D eigenvalue weighted by atomic mass is 9.82. The molecule has 1 heterocycles. The smallest absolute Gasteiger partial charge is 0.0500 e. The molecule has 0 saturated carbocycles. The lowest BCUT2D eigenvalue weighted by molar-refractivity contribution is 0.133. The van der Waals surface area contributed by atoms with Crippen molar-refractivity contribution in [2.24, 2.45) is 11.1 Å². The minimum absolute atomic E-state index is 0.0956. The molecule has 0 amide bonds. The molecule has 0 bridgehead atoms. The van der Waals surface area contributed by atoms with Crippen LogP contribution >= 0.6 is 11.3 Å². The van der Waals surface area contributed by atoms with E-state index in [1.165, 1.54) is 10.1 Å². The van der Waals surface area contributed by atoms with Crippen molar-refractivity contribution in [1.29, 1.82) is 0 Å². The quantitative estimate of drug-likeness (QED) is 0.859. The molecule has 1 aromatic heterocycles. The molecule has 3 heteroatoms. The van der Waals surface area contributed by atoms with E-state index >= 15 is 0 Å². The fourth-order valence-electron chi connectivity index (χ4n) is 1.76. The molecule has 0 unspecified atom stereocenters. The minimum Gasteiger partial charge on any atom is -0.396 e. The van der Waals surface area contributed by atoms with Crippen molar-refractivity contribution in [3.05, 3.63) is 35.2 Å². The van der Waals surface area contributed by atoms with Crippen molar-refractivity contribution in [3.63, 3.8) is 0 Å². The molecule has 1 atom stereocenters. The number of rotatable bonds is 3. The fourth-order valence-corrected chi connectivity index (χ4v) is 2.76. The van der Waals surface area contributed by atoms with E-state index in [-0.39, 0.29) is 18.1 Å². The number of hydrogen-bond donors (Lipinski definition) is 2. The first-order valence-electron chi connectivity index (χ1n) is 5.39. The molecule has 2 aromatic rings. The predicted molar refractivity (Wildman–Crippen MR) is 69.6 cm³/mol. The molecule has 0 fully saturated rings. The molecular formula is C13H17NOS. The maximum absolute atomic E-state index is 9.36. The third-order valence-corrected chi connectivity index (χ3v) is 4.08. The molecule has 0 spiro atoms. The molecule has 0 saturated heterocycles. The molecule has 86 valence electrons. The highest BCUT2D eigenvalue weighted by Gasteiger charge is 2.28. The fraction of sp³-hybridized carbons (Fsp3) is 0.385. The van der Waals surface area contributed by atoms with Crippen LogP contribution in [0.2, 0.25) is 0 Å². The van der Waals surface area contributed by atoms with Crippen molar-refractivity contribution < 1.29 is 5.11 Å². The highest BCUT2D eigenvalue weighted by molar-refractivity contribution is 7.17.